The third-order valence-corrected chi connectivity index (χ3v) is 2.83. The molecule has 86 valence electrons. The summed E-state index contributed by atoms with van der Waals surface area (Å²) in [5.74, 6) is -0.0757. The van der Waals surface area contributed by atoms with Gasteiger partial charge < -0.3 is 0 Å². The third kappa shape index (κ3) is 1.87. The van der Waals surface area contributed by atoms with E-state index in [1.54, 1.807) is 12.3 Å². The van der Waals surface area contributed by atoms with Gasteiger partial charge in [0.05, 0.1) is 18.7 Å². The maximum atomic E-state index is 12.1. The maximum Gasteiger partial charge on any atom is 0.277 e. The highest BCUT2D eigenvalue weighted by Gasteiger charge is 2.20. The van der Waals surface area contributed by atoms with E-state index in [0.29, 0.717) is 18.7 Å². The van der Waals surface area contributed by atoms with Crippen molar-refractivity contribution in [3.05, 3.63) is 42.1 Å². The van der Waals surface area contributed by atoms with Crippen molar-refractivity contribution in [1.29, 1.82) is 0 Å². The summed E-state index contributed by atoms with van der Waals surface area (Å²) in [6, 6.07) is 9.32. The number of rotatable bonds is 1. The Bertz CT molecular complexity index is 562. The Balaban J connectivity index is 1.97. The molecule has 4 heteroatoms. The lowest BCUT2D eigenvalue weighted by Gasteiger charge is -2.13. The Morgan fingerprint density at radius 3 is 3.12 bits per heavy atom. The molecule has 4 nitrogen and oxygen atoms in total. The van der Waals surface area contributed by atoms with E-state index in [0.717, 1.165) is 17.3 Å². The number of hydrogen-bond donors (Lipinski definition) is 0. The Hall–Kier alpha value is -1.94. The summed E-state index contributed by atoms with van der Waals surface area (Å²) in [5, 5.41) is 2.40. The number of benzene rings is 1. The van der Waals surface area contributed by atoms with Crippen molar-refractivity contribution in [2.24, 2.45) is 0 Å². The van der Waals surface area contributed by atoms with E-state index in [1.807, 2.05) is 24.3 Å². The van der Waals surface area contributed by atoms with Crippen LogP contribution in [0.1, 0.15) is 16.8 Å². The quantitative estimate of drug-likeness (QED) is 0.749. The first-order valence-electron chi connectivity index (χ1n) is 5.64. The summed E-state index contributed by atoms with van der Waals surface area (Å²) in [6.07, 6.45) is 2.65. The van der Waals surface area contributed by atoms with Crippen molar-refractivity contribution in [3.8, 4) is 0 Å². The fourth-order valence-corrected chi connectivity index (χ4v) is 1.96. The van der Waals surface area contributed by atoms with Crippen LogP contribution in [0.4, 0.5) is 0 Å². The van der Waals surface area contributed by atoms with Gasteiger partial charge in [0.25, 0.3) is 5.91 Å². The summed E-state index contributed by atoms with van der Waals surface area (Å²) in [7, 11) is 0. The van der Waals surface area contributed by atoms with Crippen LogP contribution in [0.2, 0.25) is 0 Å². The number of aromatic nitrogens is 1. The molecule has 0 bridgehead atoms. The monoisotopic (exact) mass is 228 g/mol. The Labute approximate surface area is 98.8 Å². The van der Waals surface area contributed by atoms with Gasteiger partial charge in [-0.3, -0.25) is 14.6 Å². The zero-order valence-electron chi connectivity index (χ0n) is 9.30. The van der Waals surface area contributed by atoms with Gasteiger partial charge in [0.2, 0.25) is 0 Å². The number of nitrogens with zero attached hydrogens (tertiary/aromatic N) is 2. The van der Waals surface area contributed by atoms with Crippen LogP contribution < -0.4 is 0 Å². The largest absolute Gasteiger partial charge is 0.277 e. The van der Waals surface area contributed by atoms with Crippen LogP contribution in [-0.2, 0) is 4.84 Å². The number of fused-ring (bicyclic) bond motifs is 1. The molecule has 0 atom stereocenters. The second-order valence-corrected chi connectivity index (χ2v) is 4.00. The van der Waals surface area contributed by atoms with Crippen molar-refractivity contribution in [2.75, 3.05) is 13.2 Å². The molecule has 2 heterocycles. The van der Waals surface area contributed by atoms with Gasteiger partial charge in [-0.1, -0.05) is 6.07 Å². The van der Waals surface area contributed by atoms with E-state index < -0.39 is 0 Å². The smallest absolute Gasteiger partial charge is 0.271 e. The maximum absolute atomic E-state index is 12.1. The molecule has 1 amide bonds. The zero-order chi connectivity index (χ0) is 11.7. The summed E-state index contributed by atoms with van der Waals surface area (Å²) < 4.78 is 0. The topological polar surface area (TPSA) is 42.4 Å². The Morgan fingerprint density at radius 2 is 2.29 bits per heavy atom. The molecule has 1 aliphatic heterocycles. The van der Waals surface area contributed by atoms with Gasteiger partial charge in [-0.25, -0.2) is 5.06 Å². The summed E-state index contributed by atoms with van der Waals surface area (Å²) in [6.45, 7) is 1.30. The van der Waals surface area contributed by atoms with Crippen molar-refractivity contribution in [2.45, 2.75) is 6.42 Å². The third-order valence-electron chi connectivity index (χ3n) is 2.83. The number of hydrogen-bond acceptors (Lipinski definition) is 3. The molecule has 0 saturated carbocycles. The first-order chi connectivity index (χ1) is 8.34. The molecule has 1 aromatic carbocycles. The fraction of sp³-hybridized carbons (Fsp3) is 0.231. The number of carbonyl (C=O) groups is 1. The molecule has 0 unspecified atom stereocenters. The van der Waals surface area contributed by atoms with E-state index in [4.69, 9.17) is 4.84 Å². The first kappa shape index (κ1) is 10.2. The van der Waals surface area contributed by atoms with E-state index in [1.165, 1.54) is 5.06 Å². The van der Waals surface area contributed by atoms with Crippen LogP contribution in [0.15, 0.2) is 36.5 Å². The number of pyridine rings is 1. The lowest BCUT2D eigenvalue weighted by atomic mass is 10.1. The molecular formula is C13H12N2O2. The van der Waals surface area contributed by atoms with Crippen LogP contribution in [0.5, 0.6) is 0 Å². The molecule has 1 saturated heterocycles. The minimum atomic E-state index is -0.0757. The molecule has 0 radical (unpaired) electrons. The normalized spacial score (nSPS) is 15.4. The highest BCUT2D eigenvalue weighted by molar-refractivity contribution is 5.97. The van der Waals surface area contributed by atoms with Crippen LogP contribution in [0.25, 0.3) is 10.9 Å². The van der Waals surface area contributed by atoms with Crippen molar-refractivity contribution in [1.82, 2.24) is 10.0 Å². The van der Waals surface area contributed by atoms with Crippen LogP contribution in [-0.4, -0.2) is 29.1 Å². The number of hydroxylamine groups is 2. The van der Waals surface area contributed by atoms with Gasteiger partial charge in [0.1, 0.15) is 0 Å². The molecule has 3 rings (SSSR count). The Morgan fingerprint density at radius 1 is 1.35 bits per heavy atom. The fourth-order valence-electron chi connectivity index (χ4n) is 1.96. The highest BCUT2D eigenvalue weighted by Crippen LogP contribution is 2.16. The molecule has 0 N–H and O–H groups in total. The molecule has 1 aromatic heterocycles. The van der Waals surface area contributed by atoms with Crippen molar-refractivity contribution < 1.29 is 9.63 Å². The standard InChI is InChI=1S/C13H12N2O2/c16-13(15-7-2-8-17-15)11-4-5-12-10(9-11)3-1-6-14-12/h1,3-6,9H,2,7-8H2. The average molecular weight is 228 g/mol. The summed E-state index contributed by atoms with van der Waals surface area (Å²) in [4.78, 5) is 21.5. The summed E-state index contributed by atoms with van der Waals surface area (Å²) in [5.41, 5.74) is 1.54. The van der Waals surface area contributed by atoms with E-state index >= 15 is 0 Å². The minimum Gasteiger partial charge on any atom is -0.271 e. The van der Waals surface area contributed by atoms with Crippen molar-refractivity contribution in [3.63, 3.8) is 0 Å². The number of carbonyl (C=O) groups excluding carboxylic acids is 1. The van der Waals surface area contributed by atoms with Crippen LogP contribution >= 0.6 is 0 Å². The number of amides is 1. The zero-order valence-corrected chi connectivity index (χ0v) is 9.30. The lowest BCUT2D eigenvalue weighted by Crippen LogP contribution is -2.26. The Kier molecular flexibility index (Phi) is 2.49. The summed E-state index contributed by atoms with van der Waals surface area (Å²) >= 11 is 0. The molecule has 1 aliphatic rings. The van der Waals surface area contributed by atoms with Gasteiger partial charge in [0.15, 0.2) is 0 Å². The van der Waals surface area contributed by atoms with Crippen molar-refractivity contribution >= 4 is 16.8 Å². The lowest BCUT2D eigenvalue weighted by molar-refractivity contribution is -0.0768. The molecule has 0 aliphatic carbocycles. The van der Waals surface area contributed by atoms with Gasteiger partial charge in [-0.15, -0.1) is 0 Å². The average Bonchev–Trinajstić information content (AvgIpc) is 2.91. The predicted molar refractivity (Wildman–Crippen MR) is 63.3 cm³/mol. The molecule has 0 spiro atoms. The van der Waals surface area contributed by atoms with Gasteiger partial charge >= 0.3 is 0 Å². The molecule has 17 heavy (non-hydrogen) atoms. The van der Waals surface area contributed by atoms with Gasteiger partial charge in [-0.05, 0) is 30.7 Å². The second kappa shape index (κ2) is 4.14. The predicted octanol–water partition coefficient (Wildman–Crippen LogP) is 2.01. The molecule has 2 aromatic rings. The van der Waals surface area contributed by atoms with Gasteiger partial charge in [-0.2, -0.15) is 0 Å². The van der Waals surface area contributed by atoms with E-state index in [9.17, 15) is 4.79 Å². The SMILES string of the molecule is O=C(c1ccc2ncccc2c1)N1CCCO1. The first-order valence-corrected chi connectivity index (χ1v) is 5.64. The minimum absolute atomic E-state index is 0.0757. The van der Waals surface area contributed by atoms with E-state index in [-0.39, 0.29) is 5.91 Å². The molecular weight excluding hydrogens is 216 g/mol. The molecule has 1 fully saturated rings. The second-order valence-electron chi connectivity index (χ2n) is 4.00. The van der Waals surface area contributed by atoms with Crippen LogP contribution in [0.3, 0.4) is 0 Å². The highest BCUT2D eigenvalue weighted by atomic mass is 16.7. The van der Waals surface area contributed by atoms with E-state index in [2.05, 4.69) is 4.98 Å². The van der Waals surface area contributed by atoms with Gasteiger partial charge in [0, 0.05) is 17.1 Å². The van der Waals surface area contributed by atoms with Crippen LogP contribution in [0, 0.1) is 0 Å².